The number of hydrogen-bond acceptors (Lipinski definition) is 5. The number of esters is 1. The minimum absolute atomic E-state index is 0.121. The SMILES string of the molecule is CCOC(=O)c1cc(C#N)c(N2CCCCC2)[nH]c1=O. The largest absolute Gasteiger partial charge is 0.462 e. The van der Waals surface area contributed by atoms with E-state index in [0.29, 0.717) is 11.4 Å². The van der Waals surface area contributed by atoms with Crippen molar-refractivity contribution in [2.45, 2.75) is 26.2 Å². The fourth-order valence-electron chi connectivity index (χ4n) is 2.33. The highest BCUT2D eigenvalue weighted by molar-refractivity contribution is 5.89. The van der Waals surface area contributed by atoms with Crippen LogP contribution in [0.4, 0.5) is 5.82 Å². The van der Waals surface area contributed by atoms with Crippen molar-refractivity contribution in [1.82, 2.24) is 4.98 Å². The van der Waals surface area contributed by atoms with Gasteiger partial charge in [0.25, 0.3) is 5.56 Å². The number of carbonyl (C=O) groups is 1. The maximum Gasteiger partial charge on any atom is 0.343 e. The summed E-state index contributed by atoms with van der Waals surface area (Å²) < 4.78 is 4.81. The Hall–Kier alpha value is -2.29. The van der Waals surface area contributed by atoms with Crippen LogP contribution in [0.25, 0.3) is 0 Å². The van der Waals surface area contributed by atoms with Gasteiger partial charge in [0, 0.05) is 13.1 Å². The lowest BCUT2D eigenvalue weighted by Gasteiger charge is -2.28. The van der Waals surface area contributed by atoms with Crippen LogP contribution >= 0.6 is 0 Å². The maximum absolute atomic E-state index is 12.0. The second-order valence-corrected chi connectivity index (χ2v) is 4.65. The number of aromatic amines is 1. The van der Waals surface area contributed by atoms with Gasteiger partial charge in [0.05, 0.1) is 12.2 Å². The third kappa shape index (κ3) is 2.82. The van der Waals surface area contributed by atoms with Gasteiger partial charge in [0.15, 0.2) is 0 Å². The van der Waals surface area contributed by atoms with Gasteiger partial charge < -0.3 is 14.6 Å². The van der Waals surface area contributed by atoms with Crippen LogP contribution in [0.15, 0.2) is 10.9 Å². The Morgan fingerprint density at radius 1 is 1.45 bits per heavy atom. The molecule has 0 radical (unpaired) electrons. The van der Waals surface area contributed by atoms with Crippen molar-refractivity contribution in [3.05, 3.63) is 27.5 Å². The Morgan fingerprint density at radius 2 is 2.15 bits per heavy atom. The molecule has 2 heterocycles. The van der Waals surface area contributed by atoms with Crippen molar-refractivity contribution in [3.63, 3.8) is 0 Å². The lowest BCUT2D eigenvalue weighted by atomic mass is 10.1. The van der Waals surface area contributed by atoms with E-state index in [4.69, 9.17) is 4.74 Å². The number of hydrogen-bond donors (Lipinski definition) is 1. The van der Waals surface area contributed by atoms with Crippen molar-refractivity contribution in [1.29, 1.82) is 5.26 Å². The minimum atomic E-state index is -0.699. The van der Waals surface area contributed by atoms with Crippen molar-refractivity contribution < 1.29 is 9.53 Å². The van der Waals surface area contributed by atoms with Crippen LogP contribution in [0.3, 0.4) is 0 Å². The molecule has 2 rings (SSSR count). The van der Waals surface area contributed by atoms with Crippen LogP contribution in [-0.2, 0) is 4.74 Å². The maximum atomic E-state index is 12.0. The molecule has 1 aromatic rings. The molecule has 6 nitrogen and oxygen atoms in total. The fraction of sp³-hybridized carbons (Fsp3) is 0.500. The summed E-state index contributed by atoms with van der Waals surface area (Å²) in [5.41, 5.74) is -0.332. The van der Waals surface area contributed by atoms with E-state index in [9.17, 15) is 14.9 Å². The number of nitrogens with one attached hydrogen (secondary N) is 1. The Bertz CT molecular complexity index is 595. The third-order valence-corrected chi connectivity index (χ3v) is 3.31. The van der Waals surface area contributed by atoms with E-state index in [1.54, 1.807) is 6.92 Å². The first-order valence-corrected chi connectivity index (χ1v) is 6.77. The molecule has 0 bridgehead atoms. The van der Waals surface area contributed by atoms with Crippen LogP contribution in [0.2, 0.25) is 0 Å². The summed E-state index contributed by atoms with van der Waals surface area (Å²) in [6, 6.07) is 3.36. The summed E-state index contributed by atoms with van der Waals surface area (Å²) >= 11 is 0. The lowest BCUT2D eigenvalue weighted by molar-refractivity contribution is 0.0524. The Balaban J connectivity index is 2.40. The number of pyridine rings is 1. The van der Waals surface area contributed by atoms with E-state index in [1.807, 2.05) is 11.0 Å². The fourth-order valence-corrected chi connectivity index (χ4v) is 2.33. The number of nitriles is 1. The molecule has 1 N–H and O–H groups in total. The van der Waals surface area contributed by atoms with Crippen molar-refractivity contribution >= 4 is 11.8 Å². The average Bonchev–Trinajstić information content (AvgIpc) is 2.48. The Kier molecular flexibility index (Phi) is 4.41. The molecular formula is C14H17N3O3. The lowest BCUT2D eigenvalue weighted by Crippen LogP contribution is -2.33. The van der Waals surface area contributed by atoms with Crippen LogP contribution < -0.4 is 10.5 Å². The molecule has 0 unspecified atom stereocenters. The zero-order valence-corrected chi connectivity index (χ0v) is 11.4. The molecule has 1 aliphatic heterocycles. The molecule has 0 amide bonds. The zero-order chi connectivity index (χ0) is 14.5. The molecule has 106 valence electrons. The van der Waals surface area contributed by atoms with Crippen LogP contribution in [0.1, 0.15) is 42.1 Å². The van der Waals surface area contributed by atoms with Gasteiger partial charge >= 0.3 is 5.97 Å². The summed E-state index contributed by atoms with van der Waals surface area (Å²) in [4.78, 5) is 28.3. The first kappa shape index (κ1) is 14.1. The highest BCUT2D eigenvalue weighted by atomic mass is 16.5. The van der Waals surface area contributed by atoms with Gasteiger partial charge in [-0.2, -0.15) is 5.26 Å². The van der Waals surface area contributed by atoms with Crippen LogP contribution in [-0.4, -0.2) is 30.6 Å². The first-order valence-electron chi connectivity index (χ1n) is 6.77. The van der Waals surface area contributed by atoms with Gasteiger partial charge in [-0.05, 0) is 32.3 Å². The number of ether oxygens (including phenoxy) is 1. The van der Waals surface area contributed by atoms with Crippen molar-refractivity contribution in [3.8, 4) is 6.07 Å². The molecule has 1 fully saturated rings. The molecule has 1 saturated heterocycles. The van der Waals surface area contributed by atoms with Gasteiger partial charge in [-0.25, -0.2) is 4.79 Å². The van der Waals surface area contributed by atoms with Crippen LogP contribution in [0.5, 0.6) is 0 Å². The number of piperidine rings is 1. The predicted molar refractivity (Wildman–Crippen MR) is 73.8 cm³/mol. The Labute approximate surface area is 117 Å². The quantitative estimate of drug-likeness (QED) is 0.843. The first-order chi connectivity index (χ1) is 9.67. The van der Waals surface area contributed by atoms with E-state index in [2.05, 4.69) is 4.98 Å². The molecule has 6 heteroatoms. The second-order valence-electron chi connectivity index (χ2n) is 4.65. The molecule has 0 spiro atoms. The van der Waals surface area contributed by atoms with Gasteiger partial charge in [0.1, 0.15) is 17.5 Å². The summed E-state index contributed by atoms with van der Waals surface area (Å²) in [7, 11) is 0. The van der Waals surface area contributed by atoms with E-state index >= 15 is 0 Å². The summed E-state index contributed by atoms with van der Waals surface area (Å²) in [6.45, 7) is 3.47. The minimum Gasteiger partial charge on any atom is -0.462 e. The molecule has 0 atom stereocenters. The highest BCUT2D eigenvalue weighted by Crippen LogP contribution is 2.20. The van der Waals surface area contributed by atoms with Gasteiger partial charge in [-0.1, -0.05) is 0 Å². The number of anilines is 1. The number of carbonyl (C=O) groups excluding carboxylic acids is 1. The molecule has 0 saturated carbocycles. The second kappa shape index (κ2) is 6.24. The Morgan fingerprint density at radius 3 is 2.75 bits per heavy atom. The number of rotatable bonds is 3. The topological polar surface area (TPSA) is 86.2 Å². The number of nitrogens with zero attached hydrogens (tertiary/aromatic N) is 2. The van der Waals surface area contributed by atoms with E-state index in [-0.39, 0.29) is 12.2 Å². The molecule has 0 aliphatic carbocycles. The zero-order valence-electron chi connectivity index (χ0n) is 11.4. The van der Waals surface area contributed by atoms with E-state index in [1.165, 1.54) is 6.07 Å². The van der Waals surface area contributed by atoms with E-state index in [0.717, 1.165) is 32.4 Å². The van der Waals surface area contributed by atoms with Crippen molar-refractivity contribution in [2.24, 2.45) is 0 Å². The van der Waals surface area contributed by atoms with Crippen molar-refractivity contribution in [2.75, 3.05) is 24.6 Å². The number of H-pyrrole nitrogens is 1. The smallest absolute Gasteiger partial charge is 0.343 e. The standard InChI is InChI=1S/C14H17N3O3/c1-2-20-14(19)11-8-10(9-15)12(16-13(11)18)17-6-4-3-5-7-17/h8H,2-7H2,1H3,(H,16,18). The van der Waals surface area contributed by atoms with Crippen LogP contribution in [0, 0.1) is 11.3 Å². The average molecular weight is 275 g/mol. The predicted octanol–water partition coefficient (Wildman–Crippen LogP) is 1.41. The summed E-state index contributed by atoms with van der Waals surface area (Å²) in [5.74, 6) is -0.194. The molecule has 1 aromatic heterocycles. The van der Waals surface area contributed by atoms with E-state index < -0.39 is 11.5 Å². The molecule has 0 aromatic carbocycles. The molecule has 1 aliphatic rings. The molecular weight excluding hydrogens is 258 g/mol. The summed E-state index contributed by atoms with van der Waals surface area (Å²) in [6.07, 6.45) is 3.22. The van der Waals surface area contributed by atoms with Gasteiger partial charge in [0.2, 0.25) is 0 Å². The third-order valence-electron chi connectivity index (χ3n) is 3.31. The van der Waals surface area contributed by atoms with Gasteiger partial charge in [-0.15, -0.1) is 0 Å². The normalized spacial score (nSPS) is 14.7. The van der Waals surface area contributed by atoms with Gasteiger partial charge in [-0.3, -0.25) is 4.79 Å². The molecule has 20 heavy (non-hydrogen) atoms. The highest BCUT2D eigenvalue weighted by Gasteiger charge is 2.20. The monoisotopic (exact) mass is 275 g/mol. The summed E-state index contributed by atoms with van der Waals surface area (Å²) in [5, 5.41) is 9.23. The number of aromatic nitrogens is 1.